The van der Waals surface area contributed by atoms with Crippen LogP contribution < -0.4 is 5.32 Å². The molecule has 1 aromatic carbocycles. The van der Waals surface area contributed by atoms with Crippen LogP contribution in [0.3, 0.4) is 0 Å². The quantitative estimate of drug-likeness (QED) is 0.878. The minimum Gasteiger partial charge on any atom is -0.361 e. The molecule has 134 valence electrons. The van der Waals surface area contributed by atoms with Crippen molar-refractivity contribution in [1.29, 1.82) is 0 Å². The Morgan fingerprint density at radius 2 is 2.12 bits per heavy atom. The molecule has 5 heteroatoms. The monoisotopic (exact) mass is 341 g/mol. The highest BCUT2D eigenvalue weighted by molar-refractivity contribution is 5.84. The highest BCUT2D eigenvalue weighted by atomic mass is 16.2. The Hall–Kier alpha value is -2.30. The summed E-state index contributed by atoms with van der Waals surface area (Å²) >= 11 is 0. The Morgan fingerprint density at radius 3 is 2.92 bits per heavy atom. The van der Waals surface area contributed by atoms with Crippen molar-refractivity contribution in [3.8, 4) is 0 Å². The molecule has 0 saturated carbocycles. The molecule has 3 rings (SSSR count). The molecule has 1 saturated heterocycles. The van der Waals surface area contributed by atoms with Crippen LogP contribution in [0.4, 0.5) is 0 Å². The van der Waals surface area contributed by atoms with Crippen molar-refractivity contribution >= 4 is 22.7 Å². The molecule has 1 aliphatic heterocycles. The molecule has 0 radical (unpaired) electrons. The van der Waals surface area contributed by atoms with Gasteiger partial charge in [-0.05, 0) is 44.7 Å². The number of hydrogen-bond acceptors (Lipinski definition) is 2. The number of para-hydroxylation sites is 1. The van der Waals surface area contributed by atoms with Crippen molar-refractivity contribution in [3.05, 3.63) is 36.0 Å². The lowest BCUT2D eigenvalue weighted by atomic mass is 9.96. The van der Waals surface area contributed by atoms with Crippen LogP contribution >= 0.6 is 0 Å². The van der Waals surface area contributed by atoms with Gasteiger partial charge >= 0.3 is 0 Å². The Balaban J connectivity index is 1.56. The van der Waals surface area contributed by atoms with E-state index in [2.05, 4.69) is 16.4 Å². The summed E-state index contributed by atoms with van der Waals surface area (Å²) < 4.78 is 0. The van der Waals surface area contributed by atoms with Crippen molar-refractivity contribution in [2.24, 2.45) is 5.92 Å². The molecule has 0 bridgehead atoms. The number of fused-ring (bicyclic) bond motifs is 1. The van der Waals surface area contributed by atoms with Crippen molar-refractivity contribution in [1.82, 2.24) is 15.2 Å². The second kappa shape index (κ2) is 7.72. The number of carbonyl (C=O) groups is 2. The molecule has 1 unspecified atom stereocenters. The average molecular weight is 341 g/mol. The van der Waals surface area contributed by atoms with E-state index < -0.39 is 0 Å². The van der Waals surface area contributed by atoms with E-state index in [9.17, 15) is 9.59 Å². The maximum atomic E-state index is 12.6. The average Bonchev–Trinajstić information content (AvgIpc) is 3.02. The number of nitrogens with zero attached hydrogens (tertiary/aromatic N) is 1. The molecule has 1 atom stereocenters. The lowest BCUT2D eigenvalue weighted by Crippen LogP contribution is -2.46. The summed E-state index contributed by atoms with van der Waals surface area (Å²) in [5, 5.41) is 4.15. The highest BCUT2D eigenvalue weighted by Gasteiger charge is 2.28. The second-order valence-corrected chi connectivity index (χ2v) is 7.20. The van der Waals surface area contributed by atoms with Crippen LogP contribution in [0.2, 0.25) is 0 Å². The van der Waals surface area contributed by atoms with Gasteiger partial charge in [-0.15, -0.1) is 0 Å². The van der Waals surface area contributed by atoms with E-state index in [1.807, 2.05) is 43.1 Å². The van der Waals surface area contributed by atoms with Gasteiger partial charge in [-0.3, -0.25) is 9.59 Å². The maximum absolute atomic E-state index is 12.6. The molecule has 1 aromatic heterocycles. The molecular weight excluding hydrogens is 314 g/mol. The number of aromatic nitrogens is 1. The van der Waals surface area contributed by atoms with Gasteiger partial charge in [0.05, 0.1) is 5.92 Å². The topological polar surface area (TPSA) is 65.2 Å². The number of piperidine rings is 1. The van der Waals surface area contributed by atoms with E-state index >= 15 is 0 Å². The molecule has 1 aliphatic rings. The van der Waals surface area contributed by atoms with Crippen LogP contribution in [0.25, 0.3) is 10.9 Å². The van der Waals surface area contributed by atoms with Gasteiger partial charge in [0.2, 0.25) is 11.8 Å². The van der Waals surface area contributed by atoms with Gasteiger partial charge in [-0.25, -0.2) is 0 Å². The number of likely N-dealkylation sites (tertiary alicyclic amines) is 1. The number of benzene rings is 1. The van der Waals surface area contributed by atoms with Crippen molar-refractivity contribution in [2.75, 3.05) is 13.1 Å². The first-order valence-corrected chi connectivity index (χ1v) is 9.17. The van der Waals surface area contributed by atoms with E-state index in [-0.39, 0.29) is 23.8 Å². The highest BCUT2D eigenvalue weighted by Crippen LogP contribution is 2.21. The molecule has 25 heavy (non-hydrogen) atoms. The minimum atomic E-state index is -0.0758. The fourth-order valence-corrected chi connectivity index (χ4v) is 3.56. The third-order valence-electron chi connectivity index (χ3n) is 4.86. The van der Waals surface area contributed by atoms with Gasteiger partial charge in [-0.2, -0.15) is 0 Å². The lowest BCUT2D eigenvalue weighted by molar-refractivity contribution is -0.135. The van der Waals surface area contributed by atoms with Gasteiger partial charge in [-0.1, -0.05) is 18.2 Å². The minimum absolute atomic E-state index is 0.0733. The van der Waals surface area contributed by atoms with E-state index in [0.717, 1.165) is 31.3 Å². The summed E-state index contributed by atoms with van der Waals surface area (Å²) in [7, 11) is 0. The number of amides is 2. The number of aryl methyl sites for hydroxylation is 1. The number of aromatic amines is 1. The zero-order chi connectivity index (χ0) is 17.8. The Labute approximate surface area is 148 Å². The van der Waals surface area contributed by atoms with Crippen molar-refractivity contribution in [2.45, 2.75) is 45.6 Å². The number of hydrogen-bond donors (Lipinski definition) is 2. The van der Waals surface area contributed by atoms with Gasteiger partial charge in [0.25, 0.3) is 0 Å². The van der Waals surface area contributed by atoms with Crippen LogP contribution in [-0.2, 0) is 16.0 Å². The number of rotatable bonds is 5. The first-order valence-electron chi connectivity index (χ1n) is 9.17. The molecular formula is C20H27N3O2. The SMILES string of the molecule is CC(C)NC(=O)C1CCCN(C(=O)CCc2c[nH]c3ccccc23)C1. The van der Waals surface area contributed by atoms with E-state index in [1.54, 1.807) is 0 Å². The fourth-order valence-electron chi connectivity index (χ4n) is 3.56. The number of nitrogens with one attached hydrogen (secondary N) is 2. The molecule has 0 aliphatic carbocycles. The van der Waals surface area contributed by atoms with Crippen LogP contribution in [0.15, 0.2) is 30.5 Å². The Kier molecular flexibility index (Phi) is 5.41. The number of carbonyl (C=O) groups excluding carboxylic acids is 2. The summed E-state index contributed by atoms with van der Waals surface area (Å²) in [6.45, 7) is 5.24. The Morgan fingerprint density at radius 1 is 1.32 bits per heavy atom. The molecule has 2 N–H and O–H groups in total. The standard InChI is InChI=1S/C20H27N3O2/c1-14(2)22-20(25)16-6-5-11-23(13-16)19(24)10-9-15-12-21-18-8-4-3-7-17(15)18/h3-4,7-8,12,14,16,21H,5-6,9-11,13H2,1-2H3,(H,22,25). The summed E-state index contributed by atoms with van der Waals surface area (Å²) in [4.78, 5) is 29.9. The van der Waals surface area contributed by atoms with Gasteiger partial charge in [0, 0.05) is 42.7 Å². The molecule has 2 amide bonds. The third-order valence-corrected chi connectivity index (χ3v) is 4.86. The smallest absolute Gasteiger partial charge is 0.225 e. The molecule has 2 heterocycles. The largest absolute Gasteiger partial charge is 0.361 e. The van der Waals surface area contributed by atoms with Crippen LogP contribution in [0.1, 0.15) is 38.7 Å². The molecule has 0 spiro atoms. The third kappa shape index (κ3) is 4.21. The van der Waals surface area contributed by atoms with Gasteiger partial charge in [0.15, 0.2) is 0 Å². The van der Waals surface area contributed by atoms with Crippen molar-refractivity contribution < 1.29 is 9.59 Å². The van der Waals surface area contributed by atoms with Crippen LogP contribution in [-0.4, -0.2) is 40.8 Å². The zero-order valence-corrected chi connectivity index (χ0v) is 15.0. The van der Waals surface area contributed by atoms with E-state index in [4.69, 9.17) is 0 Å². The van der Waals surface area contributed by atoms with E-state index in [0.29, 0.717) is 13.0 Å². The summed E-state index contributed by atoms with van der Waals surface area (Å²) in [5.41, 5.74) is 2.28. The van der Waals surface area contributed by atoms with Crippen molar-refractivity contribution in [3.63, 3.8) is 0 Å². The second-order valence-electron chi connectivity index (χ2n) is 7.20. The first kappa shape index (κ1) is 17.5. The zero-order valence-electron chi connectivity index (χ0n) is 15.0. The maximum Gasteiger partial charge on any atom is 0.225 e. The summed E-state index contributed by atoms with van der Waals surface area (Å²) in [6.07, 6.45) is 4.97. The fraction of sp³-hybridized carbons (Fsp3) is 0.500. The van der Waals surface area contributed by atoms with Crippen LogP contribution in [0, 0.1) is 5.92 Å². The van der Waals surface area contributed by atoms with Gasteiger partial charge < -0.3 is 15.2 Å². The van der Waals surface area contributed by atoms with E-state index in [1.165, 1.54) is 10.9 Å². The Bertz CT molecular complexity index is 750. The normalized spacial score (nSPS) is 17.9. The van der Waals surface area contributed by atoms with Crippen LogP contribution in [0.5, 0.6) is 0 Å². The number of H-pyrrole nitrogens is 1. The predicted octanol–water partition coefficient (Wildman–Crippen LogP) is 2.86. The molecule has 5 nitrogen and oxygen atoms in total. The lowest BCUT2D eigenvalue weighted by Gasteiger charge is -2.32. The van der Waals surface area contributed by atoms with Gasteiger partial charge in [0.1, 0.15) is 0 Å². The summed E-state index contributed by atoms with van der Waals surface area (Å²) in [5.74, 6) is 0.143. The summed E-state index contributed by atoms with van der Waals surface area (Å²) in [6, 6.07) is 8.29. The first-order chi connectivity index (χ1) is 12.0. The molecule has 2 aromatic rings. The molecule has 1 fully saturated rings. The predicted molar refractivity (Wildman–Crippen MR) is 99.2 cm³/mol.